The molecule has 0 aliphatic heterocycles. The lowest BCUT2D eigenvalue weighted by molar-refractivity contribution is 0.100. The Kier molecular flexibility index (Phi) is 6.01. The van der Waals surface area contributed by atoms with Gasteiger partial charge in [0.2, 0.25) is 0 Å². The van der Waals surface area contributed by atoms with Crippen molar-refractivity contribution in [3.05, 3.63) is 54.1 Å². The zero-order valence-electron chi connectivity index (χ0n) is 15.1. The van der Waals surface area contributed by atoms with E-state index in [0.717, 1.165) is 0 Å². The fraction of sp³-hybridized carbons (Fsp3) is 0.350. The summed E-state index contributed by atoms with van der Waals surface area (Å²) in [5.41, 5.74) is 5.57. The van der Waals surface area contributed by atoms with Gasteiger partial charge in [-0.2, -0.15) is 0 Å². The highest BCUT2D eigenvalue weighted by molar-refractivity contribution is 7.92. The molecule has 0 unspecified atom stereocenters. The lowest BCUT2D eigenvalue weighted by Crippen LogP contribution is -2.18. The van der Waals surface area contributed by atoms with Crippen molar-refractivity contribution in [2.75, 3.05) is 11.3 Å². The molecule has 1 aliphatic rings. The van der Waals surface area contributed by atoms with E-state index in [-0.39, 0.29) is 16.1 Å². The number of nitrogens with one attached hydrogen (secondary N) is 1. The first kappa shape index (κ1) is 19.2. The monoisotopic (exact) mass is 388 g/mol. The fourth-order valence-electron chi connectivity index (χ4n) is 3.27. The lowest BCUT2D eigenvalue weighted by Gasteiger charge is -2.21. The first-order valence-corrected chi connectivity index (χ1v) is 10.6. The predicted molar refractivity (Wildman–Crippen MR) is 104 cm³/mol. The van der Waals surface area contributed by atoms with Crippen molar-refractivity contribution in [1.82, 2.24) is 0 Å². The highest BCUT2D eigenvalue weighted by Crippen LogP contribution is 2.25. The molecule has 2 aromatic carbocycles. The van der Waals surface area contributed by atoms with Crippen molar-refractivity contribution in [2.45, 2.75) is 37.0 Å². The quantitative estimate of drug-likeness (QED) is 0.758. The molecular weight excluding hydrogens is 364 g/mol. The minimum Gasteiger partial charge on any atom is -0.493 e. The van der Waals surface area contributed by atoms with Crippen LogP contribution in [-0.2, 0) is 10.0 Å². The summed E-state index contributed by atoms with van der Waals surface area (Å²) in [5.74, 6) is 0.533. The van der Waals surface area contributed by atoms with Crippen molar-refractivity contribution in [3.63, 3.8) is 0 Å². The van der Waals surface area contributed by atoms with Crippen LogP contribution < -0.4 is 15.2 Å². The van der Waals surface area contributed by atoms with Gasteiger partial charge in [-0.3, -0.25) is 9.52 Å². The number of ether oxygens (including phenoxy) is 1. The third kappa shape index (κ3) is 5.01. The minimum absolute atomic E-state index is 0.0896. The van der Waals surface area contributed by atoms with Gasteiger partial charge in [0.05, 0.1) is 22.8 Å². The highest BCUT2D eigenvalue weighted by atomic mass is 32.2. The molecule has 0 radical (unpaired) electrons. The molecule has 6 nitrogen and oxygen atoms in total. The Morgan fingerprint density at radius 2 is 1.70 bits per heavy atom. The van der Waals surface area contributed by atoms with Gasteiger partial charge in [0.15, 0.2) is 0 Å². The van der Waals surface area contributed by atoms with Crippen LogP contribution >= 0.6 is 0 Å². The van der Waals surface area contributed by atoms with Gasteiger partial charge in [-0.15, -0.1) is 0 Å². The molecule has 3 rings (SSSR count). The van der Waals surface area contributed by atoms with E-state index in [1.54, 1.807) is 24.3 Å². The molecule has 0 atom stereocenters. The molecule has 1 fully saturated rings. The number of carbonyl (C=O) groups excluding carboxylic acids is 1. The van der Waals surface area contributed by atoms with Crippen LogP contribution in [-0.4, -0.2) is 20.9 Å². The number of para-hydroxylation sites is 1. The van der Waals surface area contributed by atoms with Crippen LogP contribution in [0.2, 0.25) is 0 Å². The maximum absolute atomic E-state index is 12.6. The van der Waals surface area contributed by atoms with Crippen LogP contribution in [0.3, 0.4) is 0 Å². The average Bonchev–Trinajstić information content (AvgIpc) is 2.67. The Morgan fingerprint density at radius 1 is 1.04 bits per heavy atom. The summed E-state index contributed by atoms with van der Waals surface area (Å²) in [4.78, 5) is 11.6. The second kappa shape index (κ2) is 8.43. The van der Waals surface area contributed by atoms with Crippen LogP contribution in [0.15, 0.2) is 53.4 Å². The van der Waals surface area contributed by atoms with E-state index in [9.17, 15) is 13.2 Å². The Balaban J connectivity index is 1.67. The second-order valence-corrected chi connectivity index (χ2v) is 8.48. The third-order valence-corrected chi connectivity index (χ3v) is 6.16. The van der Waals surface area contributed by atoms with Gasteiger partial charge >= 0.3 is 0 Å². The standard InChI is InChI=1S/C20H24N2O4S/c21-20(23)18-8-4-5-9-19(18)22-27(24,25)17-12-10-16(11-13-17)26-14-15-6-2-1-3-7-15/h4-5,8-13,15,22H,1-3,6-7,14H2,(H2,21,23). The molecule has 1 aliphatic carbocycles. The third-order valence-electron chi connectivity index (χ3n) is 4.78. The van der Waals surface area contributed by atoms with Crippen molar-refractivity contribution in [2.24, 2.45) is 11.7 Å². The molecule has 0 spiro atoms. The summed E-state index contributed by atoms with van der Waals surface area (Å²) in [6, 6.07) is 12.5. The maximum atomic E-state index is 12.6. The molecular formula is C20H24N2O4S. The number of nitrogens with two attached hydrogens (primary N) is 1. The number of sulfonamides is 1. The summed E-state index contributed by atoms with van der Waals surface area (Å²) < 4.78 is 33.4. The smallest absolute Gasteiger partial charge is 0.261 e. The number of hydrogen-bond donors (Lipinski definition) is 2. The van der Waals surface area contributed by atoms with E-state index in [4.69, 9.17) is 10.5 Å². The SMILES string of the molecule is NC(=O)c1ccccc1NS(=O)(=O)c1ccc(OCC2CCCCC2)cc1. The molecule has 0 heterocycles. The van der Waals surface area contributed by atoms with Crippen LogP contribution in [0, 0.1) is 5.92 Å². The van der Waals surface area contributed by atoms with Crippen molar-refractivity contribution >= 4 is 21.6 Å². The van der Waals surface area contributed by atoms with Gasteiger partial charge in [-0.25, -0.2) is 8.42 Å². The Labute approximate surface area is 159 Å². The number of anilines is 1. The molecule has 7 heteroatoms. The number of amides is 1. The normalized spacial score (nSPS) is 15.3. The molecule has 0 bridgehead atoms. The minimum atomic E-state index is -3.83. The van der Waals surface area contributed by atoms with E-state index < -0.39 is 15.9 Å². The second-order valence-electron chi connectivity index (χ2n) is 6.80. The summed E-state index contributed by atoms with van der Waals surface area (Å²) in [7, 11) is -3.83. The zero-order valence-corrected chi connectivity index (χ0v) is 15.9. The van der Waals surface area contributed by atoms with Crippen molar-refractivity contribution in [1.29, 1.82) is 0 Å². The van der Waals surface area contributed by atoms with Crippen LogP contribution in [0.4, 0.5) is 5.69 Å². The summed E-state index contributed by atoms with van der Waals surface area (Å²) >= 11 is 0. The Morgan fingerprint density at radius 3 is 2.37 bits per heavy atom. The molecule has 3 N–H and O–H groups in total. The van der Waals surface area contributed by atoms with Gasteiger partial charge in [-0.1, -0.05) is 31.4 Å². The van der Waals surface area contributed by atoms with Crippen molar-refractivity contribution < 1.29 is 17.9 Å². The van der Waals surface area contributed by atoms with Crippen LogP contribution in [0.1, 0.15) is 42.5 Å². The molecule has 2 aromatic rings. The molecule has 0 aromatic heterocycles. The largest absolute Gasteiger partial charge is 0.493 e. The average molecular weight is 388 g/mol. The van der Waals surface area contributed by atoms with Gasteiger partial charge in [-0.05, 0) is 55.2 Å². The van der Waals surface area contributed by atoms with Gasteiger partial charge in [0, 0.05) is 0 Å². The van der Waals surface area contributed by atoms with Gasteiger partial charge in [0.1, 0.15) is 5.75 Å². The molecule has 144 valence electrons. The molecule has 27 heavy (non-hydrogen) atoms. The first-order chi connectivity index (χ1) is 13.0. The predicted octanol–water partition coefficient (Wildman–Crippen LogP) is 3.55. The lowest BCUT2D eigenvalue weighted by atomic mass is 9.90. The fourth-order valence-corrected chi connectivity index (χ4v) is 4.35. The van der Waals surface area contributed by atoms with Crippen molar-refractivity contribution in [3.8, 4) is 5.75 Å². The molecule has 1 saturated carbocycles. The van der Waals surface area contributed by atoms with E-state index in [1.807, 2.05) is 0 Å². The summed E-state index contributed by atoms with van der Waals surface area (Å²) in [5, 5.41) is 0. The summed E-state index contributed by atoms with van der Waals surface area (Å²) in [6.45, 7) is 0.663. The number of carbonyl (C=O) groups is 1. The molecule has 1 amide bonds. The van der Waals surface area contributed by atoms with Gasteiger partial charge < -0.3 is 10.5 Å². The van der Waals surface area contributed by atoms with Crippen LogP contribution in [0.5, 0.6) is 5.75 Å². The topological polar surface area (TPSA) is 98.5 Å². The first-order valence-electron chi connectivity index (χ1n) is 9.10. The zero-order chi connectivity index (χ0) is 19.3. The van der Waals surface area contributed by atoms with E-state index >= 15 is 0 Å². The van der Waals surface area contributed by atoms with Crippen LogP contribution in [0.25, 0.3) is 0 Å². The number of primary amides is 1. The highest BCUT2D eigenvalue weighted by Gasteiger charge is 2.18. The summed E-state index contributed by atoms with van der Waals surface area (Å²) in [6.07, 6.45) is 6.19. The number of benzene rings is 2. The Bertz CT molecular complexity index is 888. The Hall–Kier alpha value is -2.54. The number of rotatable bonds is 7. The van der Waals surface area contributed by atoms with Gasteiger partial charge in [0.25, 0.3) is 15.9 Å². The van der Waals surface area contributed by atoms with E-state index in [2.05, 4.69) is 4.72 Å². The maximum Gasteiger partial charge on any atom is 0.261 e. The van der Waals surface area contributed by atoms with E-state index in [0.29, 0.717) is 18.3 Å². The number of hydrogen-bond acceptors (Lipinski definition) is 4. The van der Waals surface area contributed by atoms with E-state index in [1.165, 1.54) is 56.4 Å². The molecule has 0 saturated heterocycles.